The molecule has 0 amide bonds. The summed E-state index contributed by atoms with van der Waals surface area (Å²) in [4.78, 5) is 0. The SMILES string of the molecule is COC(C)(C)CC(O)Cc1cc(C)ccc1C. The van der Waals surface area contributed by atoms with Crippen LogP contribution in [-0.4, -0.2) is 23.9 Å². The fourth-order valence-electron chi connectivity index (χ4n) is 2.00. The Labute approximate surface area is 105 Å². The number of ether oxygens (including phenoxy) is 1. The van der Waals surface area contributed by atoms with Gasteiger partial charge in [0.1, 0.15) is 0 Å². The van der Waals surface area contributed by atoms with E-state index in [0.29, 0.717) is 12.8 Å². The van der Waals surface area contributed by atoms with Gasteiger partial charge in [0.25, 0.3) is 0 Å². The maximum Gasteiger partial charge on any atom is 0.0647 e. The maximum atomic E-state index is 10.1. The Kier molecular flexibility index (Phi) is 4.72. The average molecular weight is 236 g/mol. The lowest BCUT2D eigenvalue weighted by Gasteiger charge is -2.26. The predicted octanol–water partition coefficient (Wildman–Crippen LogP) is 3.02. The van der Waals surface area contributed by atoms with Gasteiger partial charge in [-0.2, -0.15) is 0 Å². The van der Waals surface area contributed by atoms with Crippen molar-refractivity contribution in [2.24, 2.45) is 0 Å². The molecule has 0 fully saturated rings. The number of hydrogen-bond acceptors (Lipinski definition) is 2. The van der Waals surface area contributed by atoms with Crippen LogP contribution in [0.25, 0.3) is 0 Å². The van der Waals surface area contributed by atoms with Crippen LogP contribution >= 0.6 is 0 Å². The summed E-state index contributed by atoms with van der Waals surface area (Å²) in [6.45, 7) is 8.16. The molecule has 0 spiro atoms. The van der Waals surface area contributed by atoms with Crippen LogP contribution in [0.3, 0.4) is 0 Å². The highest BCUT2D eigenvalue weighted by atomic mass is 16.5. The molecule has 0 aliphatic heterocycles. The molecule has 0 aliphatic rings. The van der Waals surface area contributed by atoms with Gasteiger partial charge in [-0.1, -0.05) is 23.8 Å². The van der Waals surface area contributed by atoms with E-state index in [1.54, 1.807) is 7.11 Å². The number of benzene rings is 1. The topological polar surface area (TPSA) is 29.5 Å². The second kappa shape index (κ2) is 5.65. The minimum absolute atomic E-state index is 0.267. The fraction of sp³-hybridized carbons (Fsp3) is 0.600. The monoisotopic (exact) mass is 236 g/mol. The van der Waals surface area contributed by atoms with Gasteiger partial charge in [0, 0.05) is 13.5 Å². The second-order valence-electron chi connectivity index (χ2n) is 5.46. The van der Waals surface area contributed by atoms with Crippen LogP contribution in [0.1, 0.15) is 37.0 Å². The minimum Gasteiger partial charge on any atom is -0.393 e. The van der Waals surface area contributed by atoms with Gasteiger partial charge in [-0.25, -0.2) is 0 Å². The first-order chi connectivity index (χ1) is 7.84. The van der Waals surface area contributed by atoms with E-state index in [0.717, 1.165) is 0 Å². The summed E-state index contributed by atoms with van der Waals surface area (Å²) in [6.07, 6.45) is 0.988. The van der Waals surface area contributed by atoms with Crippen LogP contribution in [0.2, 0.25) is 0 Å². The standard InChI is InChI=1S/C15H24O2/c1-11-6-7-12(2)13(8-11)9-14(16)10-15(3,4)17-5/h6-8,14,16H,9-10H2,1-5H3. The van der Waals surface area contributed by atoms with Crippen molar-refractivity contribution in [3.8, 4) is 0 Å². The fourth-order valence-corrected chi connectivity index (χ4v) is 2.00. The number of methoxy groups -OCH3 is 1. The number of rotatable bonds is 5. The van der Waals surface area contributed by atoms with Gasteiger partial charge in [-0.3, -0.25) is 0 Å². The molecule has 96 valence electrons. The molecule has 0 saturated heterocycles. The van der Waals surface area contributed by atoms with Gasteiger partial charge < -0.3 is 9.84 Å². The normalized spacial score (nSPS) is 13.8. The van der Waals surface area contributed by atoms with Crippen molar-refractivity contribution in [3.63, 3.8) is 0 Å². The smallest absolute Gasteiger partial charge is 0.0647 e. The van der Waals surface area contributed by atoms with E-state index in [1.165, 1.54) is 16.7 Å². The molecular weight excluding hydrogens is 212 g/mol. The van der Waals surface area contributed by atoms with E-state index in [4.69, 9.17) is 4.74 Å². The summed E-state index contributed by atoms with van der Waals surface area (Å²) in [5, 5.41) is 10.1. The molecule has 1 atom stereocenters. The predicted molar refractivity (Wildman–Crippen MR) is 71.3 cm³/mol. The molecule has 0 bridgehead atoms. The molecule has 2 heteroatoms. The number of aryl methyl sites for hydroxylation is 2. The van der Waals surface area contributed by atoms with Gasteiger partial charge in [0.2, 0.25) is 0 Å². The first-order valence-electron chi connectivity index (χ1n) is 6.13. The van der Waals surface area contributed by atoms with Crippen molar-refractivity contribution >= 4 is 0 Å². The lowest BCUT2D eigenvalue weighted by atomic mass is 9.93. The van der Waals surface area contributed by atoms with Crippen LogP contribution < -0.4 is 0 Å². The molecule has 2 nitrogen and oxygen atoms in total. The molecule has 0 aliphatic carbocycles. The second-order valence-corrected chi connectivity index (χ2v) is 5.46. The van der Waals surface area contributed by atoms with Crippen LogP contribution in [0.4, 0.5) is 0 Å². The Morgan fingerprint density at radius 3 is 2.53 bits per heavy atom. The van der Waals surface area contributed by atoms with Crippen molar-refractivity contribution in [1.82, 2.24) is 0 Å². The first-order valence-corrected chi connectivity index (χ1v) is 6.13. The molecule has 0 aromatic heterocycles. The molecule has 17 heavy (non-hydrogen) atoms. The number of aliphatic hydroxyl groups is 1. The Balaban J connectivity index is 2.68. The minimum atomic E-state index is -0.356. The number of aliphatic hydroxyl groups excluding tert-OH is 1. The molecule has 0 heterocycles. The van der Waals surface area contributed by atoms with E-state index >= 15 is 0 Å². The highest BCUT2D eigenvalue weighted by Gasteiger charge is 2.21. The summed E-state index contributed by atoms with van der Waals surface area (Å²) in [7, 11) is 1.69. The zero-order chi connectivity index (χ0) is 13.1. The quantitative estimate of drug-likeness (QED) is 0.851. The van der Waals surface area contributed by atoms with E-state index in [-0.39, 0.29) is 11.7 Å². The van der Waals surface area contributed by atoms with Gasteiger partial charge in [0.15, 0.2) is 0 Å². The maximum absolute atomic E-state index is 10.1. The Morgan fingerprint density at radius 2 is 1.94 bits per heavy atom. The van der Waals surface area contributed by atoms with E-state index in [1.807, 2.05) is 13.8 Å². The van der Waals surface area contributed by atoms with Crippen LogP contribution in [0.5, 0.6) is 0 Å². The summed E-state index contributed by atoms with van der Waals surface area (Å²) >= 11 is 0. The van der Waals surface area contributed by atoms with Crippen molar-refractivity contribution in [1.29, 1.82) is 0 Å². The molecule has 1 aromatic rings. The molecular formula is C15H24O2. The first kappa shape index (κ1) is 14.2. The van der Waals surface area contributed by atoms with Gasteiger partial charge in [-0.05, 0) is 45.2 Å². The largest absolute Gasteiger partial charge is 0.393 e. The van der Waals surface area contributed by atoms with Crippen LogP contribution in [-0.2, 0) is 11.2 Å². The Morgan fingerprint density at radius 1 is 1.29 bits per heavy atom. The Hall–Kier alpha value is -0.860. The Bertz CT molecular complexity index is 369. The lowest BCUT2D eigenvalue weighted by molar-refractivity contribution is -0.0191. The van der Waals surface area contributed by atoms with Gasteiger partial charge in [0.05, 0.1) is 11.7 Å². The average Bonchev–Trinajstić information content (AvgIpc) is 2.23. The van der Waals surface area contributed by atoms with Gasteiger partial charge >= 0.3 is 0 Å². The third-order valence-corrected chi connectivity index (χ3v) is 3.24. The molecule has 1 rings (SSSR count). The molecule has 0 radical (unpaired) electrons. The van der Waals surface area contributed by atoms with E-state index < -0.39 is 0 Å². The lowest BCUT2D eigenvalue weighted by Crippen LogP contribution is -2.29. The summed E-state index contributed by atoms with van der Waals surface area (Å²) in [6, 6.07) is 6.36. The van der Waals surface area contributed by atoms with Gasteiger partial charge in [-0.15, -0.1) is 0 Å². The van der Waals surface area contributed by atoms with E-state index in [2.05, 4.69) is 32.0 Å². The molecule has 1 aromatic carbocycles. The molecule has 1 unspecified atom stereocenters. The van der Waals surface area contributed by atoms with Crippen molar-refractivity contribution < 1.29 is 9.84 Å². The van der Waals surface area contributed by atoms with E-state index in [9.17, 15) is 5.11 Å². The summed E-state index contributed by atoms with van der Waals surface area (Å²) in [5.41, 5.74) is 3.44. The third kappa shape index (κ3) is 4.49. The third-order valence-electron chi connectivity index (χ3n) is 3.24. The molecule has 0 saturated carbocycles. The zero-order valence-corrected chi connectivity index (χ0v) is 11.6. The highest BCUT2D eigenvalue weighted by molar-refractivity contribution is 5.30. The molecule has 1 N–H and O–H groups in total. The van der Waals surface area contributed by atoms with Crippen molar-refractivity contribution in [2.45, 2.75) is 52.2 Å². The highest BCUT2D eigenvalue weighted by Crippen LogP contribution is 2.20. The van der Waals surface area contributed by atoms with Crippen LogP contribution in [0.15, 0.2) is 18.2 Å². The number of hydrogen-bond donors (Lipinski definition) is 1. The summed E-state index contributed by atoms with van der Waals surface area (Å²) < 4.78 is 5.34. The van der Waals surface area contributed by atoms with Crippen molar-refractivity contribution in [3.05, 3.63) is 34.9 Å². The zero-order valence-electron chi connectivity index (χ0n) is 11.6. The van der Waals surface area contributed by atoms with Crippen molar-refractivity contribution in [2.75, 3.05) is 7.11 Å². The summed E-state index contributed by atoms with van der Waals surface area (Å²) in [5.74, 6) is 0. The van der Waals surface area contributed by atoms with Crippen LogP contribution in [0, 0.1) is 13.8 Å².